The lowest BCUT2D eigenvalue weighted by molar-refractivity contribution is -0.142. The fourth-order valence-electron chi connectivity index (χ4n) is 5.32. The molecule has 42 heavy (non-hydrogen) atoms. The van der Waals surface area contributed by atoms with Crippen LogP contribution in [0.4, 0.5) is 0 Å². The SMILES string of the molecule is COCCOCC(=O)N1CSC[C@H]1C(=O)N[C@H](CCC1CCCCC1)C(=S)NCc1ccc(Oc2ccccc2)cc1. The van der Waals surface area contributed by atoms with Gasteiger partial charge in [0.15, 0.2) is 0 Å². The van der Waals surface area contributed by atoms with Crippen LogP contribution in [0, 0.1) is 5.92 Å². The molecule has 1 aliphatic carbocycles. The summed E-state index contributed by atoms with van der Waals surface area (Å²) in [4.78, 5) is 28.5. The van der Waals surface area contributed by atoms with Crippen LogP contribution in [0.3, 0.4) is 0 Å². The first-order chi connectivity index (χ1) is 20.5. The van der Waals surface area contributed by atoms with Gasteiger partial charge in [-0.15, -0.1) is 11.8 Å². The van der Waals surface area contributed by atoms with Crippen molar-refractivity contribution in [2.75, 3.05) is 38.6 Å². The van der Waals surface area contributed by atoms with Crippen molar-refractivity contribution in [2.24, 2.45) is 5.92 Å². The minimum Gasteiger partial charge on any atom is -0.457 e. The predicted octanol–water partition coefficient (Wildman–Crippen LogP) is 5.31. The highest BCUT2D eigenvalue weighted by atomic mass is 32.2. The largest absolute Gasteiger partial charge is 0.457 e. The van der Waals surface area contributed by atoms with E-state index in [2.05, 4.69) is 10.6 Å². The summed E-state index contributed by atoms with van der Waals surface area (Å²) in [6.45, 7) is 1.24. The Hall–Kier alpha value is -2.66. The summed E-state index contributed by atoms with van der Waals surface area (Å²) in [7, 11) is 1.59. The second-order valence-corrected chi connectivity index (χ2v) is 12.3. The number of methoxy groups -OCH3 is 1. The van der Waals surface area contributed by atoms with E-state index in [1.165, 1.54) is 32.1 Å². The third kappa shape index (κ3) is 10.3. The van der Waals surface area contributed by atoms with Crippen molar-refractivity contribution in [3.63, 3.8) is 0 Å². The van der Waals surface area contributed by atoms with Gasteiger partial charge in [-0.25, -0.2) is 0 Å². The fourth-order valence-corrected chi connectivity index (χ4v) is 6.75. The van der Waals surface area contributed by atoms with Gasteiger partial charge in [0.2, 0.25) is 11.8 Å². The van der Waals surface area contributed by atoms with Crippen LogP contribution in [0.25, 0.3) is 0 Å². The number of carbonyl (C=O) groups is 2. The summed E-state index contributed by atoms with van der Waals surface area (Å²) >= 11 is 7.42. The Kier molecular flexibility index (Phi) is 13.4. The minimum atomic E-state index is -0.536. The molecule has 10 heteroatoms. The van der Waals surface area contributed by atoms with Crippen molar-refractivity contribution in [3.8, 4) is 11.5 Å². The lowest BCUT2D eigenvalue weighted by Crippen LogP contribution is -2.54. The molecule has 2 aliphatic rings. The normalized spacial score (nSPS) is 17.9. The molecule has 1 aliphatic heterocycles. The molecule has 2 aromatic rings. The molecule has 4 rings (SSSR count). The summed E-state index contributed by atoms with van der Waals surface area (Å²) in [5.74, 6) is 2.92. The molecule has 8 nitrogen and oxygen atoms in total. The number of rotatable bonds is 15. The number of nitrogens with zero attached hydrogens (tertiary/aromatic N) is 1. The Morgan fingerprint density at radius 2 is 1.76 bits per heavy atom. The smallest absolute Gasteiger partial charge is 0.249 e. The van der Waals surface area contributed by atoms with Crippen molar-refractivity contribution >= 4 is 40.8 Å². The van der Waals surface area contributed by atoms with E-state index in [9.17, 15) is 9.59 Å². The monoisotopic (exact) mass is 613 g/mol. The molecular weight excluding hydrogens is 571 g/mol. The van der Waals surface area contributed by atoms with Gasteiger partial charge in [0, 0.05) is 19.4 Å². The van der Waals surface area contributed by atoms with E-state index in [-0.39, 0.29) is 24.5 Å². The number of ether oxygens (including phenoxy) is 3. The maximum Gasteiger partial charge on any atom is 0.249 e. The molecule has 0 unspecified atom stereocenters. The van der Waals surface area contributed by atoms with Crippen LogP contribution in [0.5, 0.6) is 11.5 Å². The number of nitrogens with one attached hydrogen (secondary N) is 2. The van der Waals surface area contributed by atoms with Gasteiger partial charge < -0.3 is 29.7 Å². The zero-order valence-electron chi connectivity index (χ0n) is 24.4. The van der Waals surface area contributed by atoms with Crippen LogP contribution in [-0.2, 0) is 25.6 Å². The van der Waals surface area contributed by atoms with E-state index in [4.69, 9.17) is 26.4 Å². The van der Waals surface area contributed by atoms with Crippen LogP contribution in [0.1, 0.15) is 50.5 Å². The minimum absolute atomic E-state index is 0.0616. The lowest BCUT2D eigenvalue weighted by atomic mass is 9.85. The molecule has 0 radical (unpaired) electrons. The van der Waals surface area contributed by atoms with Gasteiger partial charge in [-0.3, -0.25) is 9.59 Å². The number of amides is 2. The number of thiocarbonyl (C=S) groups is 1. The summed E-state index contributed by atoms with van der Waals surface area (Å²) in [6.07, 6.45) is 8.14. The molecule has 2 aromatic carbocycles. The van der Waals surface area contributed by atoms with Crippen LogP contribution < -0.4 is 15.4 Å². The molecule has 1 heterocycles. The number of hydrogen-bond acceptors (Lipinski definition) is 7. The summed E-state index contributed by atoms with van der Waals surface area (Å²) < 4.78 is 16.3. The molecule has 0 spiro atoms. The molecule has 0 bridgehead atoms. The molecule has 2 amide bonds. The quantitative estimate of drug-likeness (QED) is 0.207. The first-order valence-electron chi connectivity index (χ1n) is 14.9. The second kappa shape index (κ2) is 17.5. The number of carbonyl (C=O) groups excluding carboxylic acids is 2. The molecule has 0 aromatic heterocycles. The molecule has 1 saturated heterocycles. The van der Waals surface area contributed by atoms with Crippen molar-refractivity contribution in [1.82, 2.24) is 15.5 Å². The zero-order valence-corrected chi connectivity index (χ0v) is 26.1. The number of benzene rings is 2. The Balaban J connectivity index is 1.33. The van der Waals surface area contributed by atoms with Gasteiger partial charge in [-0.05, 0) is 48.6 Å². The summed E-state index contributed by atoms with van der Waals surface area (Å²) in [5, 5.41) is 6.59. The van der Waals surface area contributed by atoms with Gasteiger partial charge >= 0.3 is 0 Å². The van der Waals surface area contributed by atoms with E-state index in [0.29, 0.717) is 42.3 Å². The van der Waals surface area contributed by atoms with E-state index in [1.54, 1.807) is 23.8 Å². The molecule has 1 saturated carbocycles. The first-order valence-corrected chi connectivity index (χ1v) is 16.4. The van der Waals surface area contributed by atoms with Gasteiger partial charge in [-0.1, -0.05) is 74.7 Å². The van der Waals surface area contributed by atoms with E-state index >= 15 is 0 Å². The van der Waals surface area contributed by atoms with E-state index in [1.807, 2.05) is 54.6 Å². The highest BCUT2D eigenvalue weighted by Crippen LogP contribution is 2.28. The summed E-state index contributed by atoms with van der Waals surface area (Å²) in [5.41, 5.74) is 1.06. The van der Waals surface area contributed by atoms with Crippen molar-refractivity contribution in [1.29, 1.82) is 0 Å². The lowest BCUT2D eigenvalue weighted by Gasteiger charge is -2.28. The van der Waals surface area contributed by atoms with E-state index < -0.39 is 6.04 Å². The van der Waals surface area contributed by atoms with Crippen LogP contribution >= 0.6 is 24.0 Å². The Morgan fingerprint density at radius 1 is 1.02 bits per heavy atom. The van der Waals surface area contributed by atoms with Crippen LogP contribution in [0.2, 0.25) is 0 Å². The highest BCUT2D eigenvalue weighted by molar-refractivity contribution is 7.99. The van der Waals surface area contributed by atoms with Gasteiger partial charge in [0.05, 0.1) is 30.1 Å². The van der Waals surface area contributed by atoms with Gasteiger partial charge in [0.25, 0.3) is 0 Å². The Bertz CT molecular complexity index is 1130. The third-order valence-corrected chi connectivity index (χ3v) is 9.19. The molecule has 228 valence electrons. The first kappa shape index (κ1) is 32.3. The zero-order chi connectivity index (χ0) is 29.6. The Morgan fingerprint density at radius 3 is 2.50 bits per heavy atom. The molecule has 2 N–H and O–H groups in total. The van der Waals surface area contributed by atoms with Crippen LogP contribution in [0.15, 0.2) is 54.6 Å². The second-order valence-electron chi connectivity index (χ2n) is 10.8. The maximum absolute atomic E-state index is 13.5. The van der Waals surface area contributed by atoms with E-state index in [0.717, 1.165) is 29.9 Å². The number of hydrogen-bond donors (Lipinski definition) is 2. The fraction of sp³-hybridized carbons (Fsp3) is 0.531. The average Bonchev–Trinajstić information content (AvgIpc) is 3.52. The topological polar surface area (TPSA) is 89.1 Å². The average molecular weight is 614 g/mol. The standard InChI is InChI=1S/C32H43N3O5S2/c1-38-18-19-39-21-30(36)35-23-42-22-29(35)31(37)34-28(17-14-24-8-4-2-5-9-24)32(41)33-20-25-12-15-27(16-13-25)40-26-10-6-3-7-11-26/h3,6-7,10-13,15-16,24,28-29H,2,4-5,8-9,14,17-23H2,1H3,(H,33,41)(H,34,37)/t28-,29+/m1/s1. The molecule has 2 fully saturated rings. The van der Waals surface area contributed by atoms with Crippen molar-refractivity contribution < 1.29 is 23.8 Å². The van der Waals surface area contributed by atoms with Crippen LogP contribution in [-0.4, -0.2) is 72.3 Å². The number of thioether (sulfide) groups is 1. The highest BCUT2D eigenvalue weighted by Gasteiger charge is 2.36. The molecule has 2 atom stereocenters. The molecular formula is C32H43N3O5S2. The Labute approximate surface area is 259 Å². The maximum atomic E-state index is 13.5. The van der Waals surface area contributed by atoms with Crippen molar-refractivity contribution in [2.45, 2.75) is 63.6 Å². The summed E-state index contributed by atoms with van der Waals surface area (Å²) in [6, 6.07) is 16.8. The van der Waals surface area contributed by atoms with Crippen molar-refractivity contribution in [3.05, 3.63) is 60.2 Å². The van der Waals surface area contributed by atoms with Gasteiger partial charge in [-0.2, -0.15) is 0 Å². The third-order valence-electron chi connectivity index (χ3n) is 7.75. The van der Waals surface area contributed by atoms with Gasteiger partial charge in [0.1, 0.15) is 24.1 Å². The number of para-hydroxylation sites is 1. The predicted molar refractivity (Wildman–Crippen MR) is 171 cm³/mol.